The molecule has 41 heavy (non-hydrogen) atoms. The molecule has 228 valence electrons. The van der Waals surface area contributed by atoms with Crippen molar-refractivity contribution in [3.05, 3.63) is 35.9 Å². The number of carboxylic acids is 1. The van der Waals surface area contributed by atoms with E-state index < -0.39 is 66.0 Å². The third kappa shape index (κ3) is 13.7. The molecule has 1 aromatic rings. The van der Waals surface area contributed by atoms with Crippen LogP contribution in [-0.2, 0) is 35.2 Å². The molecule has 0 fully saturated rings. The Balaban J connectivity index is 3.19. The van der Waals surface area contributed by atoms with Crippen molar-refractivity contribution < 1.29 is 39.1 Å². The number of benzene rings is 1. The monoisotopic (exact) mass is 578 g/mol. The van der Waals surface area contributed by atoms with Crippen LogP contribution in [0.3, 0.4) is 0 Å². The van der Waals surface area contributed by atoms with Gasteiger partial charge in [-0.25, -0.2) is 5.48 Å². The van der Waals surface area contributed by atoms with Gasteiger partial charge in [0, 0.05) is 18.8 Å². The summed E-state index contributed by atoms with van der Waals surface area (Å²) >= 11 is 0. The number of hydrogen-bond donors (Lipinski definition) is 8. The highest BCUT2D eigenvalue weighted by Crippen LogP contribution is 2.17. The van der Waals surface area contributed by atoms with Crippen molar-refractivity contribution in [2.24, 2.45) is 23.3 Å². The molecule has 4 atom stereocenters. The SMILES string of the molecule is CC(C)C[C@H](CC(=O)NO)C(=O)N[C@@H](CC(=O)O)C(=O)N[C@@H](Cc1ccccc1)C(=O)N[C@@H](CCCCN)C(N)=O. The summed E-state index contributed by atoms with van der Waals surface area (Å²) in [5.74, 6) is -6.41. The van der Waals surface area contributed by atoms with Crippen LogP contribution >= 0.6 is 0 Å². The summed E-state index contributed by atoms with van der Waals surface area (Å²) in [6.07, 6.45) is 0.392. The Bertz CT molecular complexity index is 1040. The summed E-state index contributed by atoms with van der Waals surface area (Å²) in [6, 6.07) is 4.81. The number of carbonyl (C=O) groups is 6. The number of hydrogen-bond acceptors (Lipinski definition) is 8. The normalized spacial score (nSPS) is 13.8. The Morgan fingerprint density at radius 3 is 1.95 bits per heavy atom. The number of hydroxylamine groups is 1. The van der Waals surface area contributed by atoms with E-state index in [9.17, 15) is 33.9 Å². The van der Waals surface area contributed by atoms with Gasteiger partial charge in [0.05, 0.1) is 6.42 Å². The molecule has 14 heteroatoms. The summed E-state index contributed by atoms with van der Waals surface area (Å²) in [5, 5.41) is 25.7. The van der Waals surface area contributed by atoms with Gasteiger partial charge in [-0.15, -0.1) is 0 Å². The van der Waals surface area contributed by atoms with Gasteiger partial charge in [-0.3, -0.25) is 34.0 Å². The van der Waals surface area contributed by atoms with E-state index >= 15 is 0 Å². The largest absolute Gasteiger partial charge is 0.481 e. The van der Waals surface area contributed by atoms with Crippen LogP contribution in [0.4, 0.5) is 0 Å². The van der Waals surface area contributed by atoms with Crippen molar-refractivity contribution in [1.29, 1.82) is 0 Å². The van der Waals surface area contributed by atoms with E-state index in [0.717, 1.165) is 0 Å². The summed E-state index contributed by atoms with van der Waals surface area (Å²) in [7, 11) is 0. The van der Waals surface area contributed by atoms with Crippen molar-refractivity contribution in [1.82, 2.24) is 21.4 Å². The molecule has 0 radical (unpaired) electrons. The number of nitrogens with two attached hydrogens (primary N) is 2. The average Bonchev–Trinajstić information content (AvgIpc) is 2.91. The first-order chi connectivity index (χ1) is 19.4. The number of nitrogens with one attached hydrogen (secondary N) is 4. The minimum absolute atomic E-state index is 0.00687. The van der Waals surface area contributed by atoms with Crippen molar-refractivity contribution in [3.63, 3.8) is 0 Å². The van der Waals surface area contributed by atoms with Gasteiger partial charge in [0.25, 0.3) is 0 Å². The Kier molecular flexibility index (Phi) is 15.6. The van der Waals surface area contributed by atoms with E-state index in [0.29, 0.717) is 24.9 Å². The number of carbonyl (C=O) groups excluding carboxylic acids is 5. The molecule has 14 nitrogen and oxygen atoms in total. The number of amides is 5. The fraction of sp³-hybridized carbons (Fsp3) is 0.556. The van der Waals surface area contributed by atoms with Gasteiger partial charge in [-0.1, -0.05) is 44.2 Å². The zero-order valence-corrected chi connectivity index (χ0v) is 23.4. The van der Waals surface area contributed by atoms with Crippen LogP contribution in [0.25, 0.3) is 0 Å². The van der Waals surface area contributed by atoms with E-state index in [1.165, 1.54) is 5.48 Å². The highest BCUT2D eigenvalue weighted by molar-refractivity contribution is 5.96. The standard InChI is InChI=1S/C27H42N6O8/c1-16(2)12-18(14-22(34)33-41)25(38)31-21(15-23(35)36)27(40)32-20(13-17-8-4-3-5-9-17)26(39)30-19(24(29)37)10-6-7-11-28/h3-5,8-9,16,18-21,41H,6-7,10-15,28H2,1-2H3,(H2,29,37)(H,30,39)(H,31,38)(H,32,40)(H,33,34)(H,35,36)/t18-,19+,20+,21+/m1/s1. The zero-order chi connectivity index (χ0) is 30.9. The summed E-state index contributed by atoms with van der Waals surface area (Å²) in [4.78, 5) is 74.8. The van der Waals surface area contributed by atoms with E-state index in [2.05, 4.69) is 16.0 Å². The Morgan fingerprint density at radius 1 is 0.829 bits per heavy atom. The van der Waals surface area contributed by atoms with Crippen LogP contribution in [0, 0.1) is 11.8 Å². The van der Waals surface area contributed by atoms with Crippen molar-refractivity contribution >= 4 is 35.5 Å². The molecular weight excluding hydrogens is 536 g/mol. The number of aliphatic carboxylic acids is 1. The third-order valence-corrected chi connectivity index (χ3v) is 6.22. The van der Waals surface area contributed by atoms with Gasteiger partial charge in [0.15, 0.2) is 0 Å². The van der Waals surface area contributed by atoms with Gasteiger partial charge in [0.1, 0.15) is 18.1 Å². The molecular formula is C27H42N6O8. The molecule has 1 rings (SSSR count). The van der Waals surface area contributed by atoms with Gasteiger partial charge >= 0.3 is 5.97 Å². The highest BCUT2D eigenvalue weighted by atomic mass is 16.5. The molecule has 0 saturated carbocycles. The predicted molar refractivity (Wildman–Crippen MR) is 148 cm³/mol. The molecule has 0 bridgehead atoms. The lowest BCUT2D eigenvalue weighted by Crippen LogP contribution is -2.57. The maximum atomic E-state index is 13.3. The lowest BCUT2D eigenvalue weighted by atomic mass is 9.92. The summed E-state index contributed by atoms with van der Waals surface area (Å²) in [5.41, 5.74) is 13.1. The summed E-state index contributed by atoms with van der Waals surface area (Å²) in [6.45, 7) is 4.01. The maximum absolute atomic E-state index is 13.3. The van der Waals surface area contributed by atoms with Gasteiger partial charge in [-0.2, -0.15) is 0 Å². The topological polar surface area (TPSA) is 243 Å². The smallest absolute Gasteiger partial charge is 0.305 e. The van der Waals surface area contributed by atoms with Crippen molar-refractivity contribution in [2.45, 2.75) is 76.9 Å². The van der Waals surface area contributed by atoms with Crippen LogP contribution in [-0.4, -0.2) is 70.5 Å². The molecule has 5 amide bonds. The first-order valence-electron chi connectivity index (χ1n) is 13.5. The summed E-state index contributed by atoms with van der Waals surface area (Å²) < 4.78 is 0. The second-order valence-electron chi connectivity index (χ2n) is 10.2. The van der Waals surface area contributed by atoms with Crippen LogP contribution < -0.4 is 32.9 Å². The molecule has 0 saturated heterocycles. The predicted octanol–water partition coefficient (Wildman–Crippen LogP) is -0.670. The number of unbranched alkanes of at least 4 members (excludes halogenated alkanes) is 1. The molecule has 0 aliphatic carbocycles. The van der Waals surface area contributed by atoms with E-state index in [1.807, 2.05) is 0 Å². The molecule has 0 aliphatic heterocycles. The first kappa shape index (κ1) is 35.0. The average molecular weight is 579 g/mol. The van der Waals surface area contributed by atoms with Crippen LogP contribution in [0.2, 0.25) is 0 Å². The maximum Gasteiger partial charge on any atom is 0.305 e. The number of rotatable bonds is 19. The Morgan fingerprint density at radius 2 is 1.41 bits per heavy atom. The van der Waals surface area contributed by atoms with Crippen LogP contribution in [0.1, 0.15) is 57.9 Å². The molecule has 0 spiro atoms. The van der Waals surface area contributed by atoms with Crippen LogP contribution in [0.5, 0.6) is 0 Å². The fourth-order valence-corrected chi connectivity index (χ4v) is 4.18. The highest BCUT2D eigenvalue weighted by Gasteiger charge is 2.32. The van der Waals surface area contributed by atoms with E-state index in [-0.39, 0.29) is 31.6 Å². The Hall–Kier alpha value is -4.04. The van der Waals surface area contributed by atoms with E-state index in [1.54, 1.807) is 44.2 Å². The minimum Gasteiger partial charge on any atom is -0.481 e. The lowest BCUT2D eigenvalue weighted by Gasteiger charge is -2.26. The van der Waals surface area contributed by atoms with Gasteiger partial charge < -0.3 is 32.5 Å². The third-order valence-electron chi connectivity index (χ3n) is 6.22. The Labute approximate surface area is 238 Å². The zero-order valence-electron chi connectivity index (χ0n) is 23.4. The molecule has 0 aliphatic rings. The van der Waals surface area contributed by atoms with E-state index in [4.69, 9.17) is 16.7 Å². The molecule has 0 aromatic heterocycles. The number of carboxylic acid groups (broad SMARTS) is 1. The molecule has 1 aromatic carbocycles. The first-order valence-corrected chi connectivity index (χ1v) is 13.5. The van der Waals surface area contributed by atoms with Crippen molar-refractivity contribution in [2.75, 3.05) is 6.54 Å². The molecule has 0 heterocycles. The molecule has 10 N–H and O–H groups in total. The fourth-order valence-electron chi connectivity index (χ4n) is 4.18. The van der Waals surface area contributed by atoms with Crippen molar-refractivity contribution in [3.8, 4) is 0 Å². The molecule has 0 unspecified atom stereocenters. The lowest BCUT2D eigenvalue weighted by molar-refractivity contribution is -0.142. The number of primary amides is 1. The van der Waals surface area contributed by atoms with Crippen LogP contribution in [0.15, 0.2) is 30.3 Å². The minimum atomic E-state index is -1.59. The van der Waals surface area contributed by atoms with Gasteiger partial charge in [-0.05, 0) is 43.7 Å². The second kappa shape index (κ2) is 18.3. The second-order valence-corrected chi connectivity index (χ2v) is 10.2. The quantitative estimate of drug-likeness (QED) is 0.0588. The van der Waals surface area contributed by atoms with Gasteiger partial charge in [0.2, 0.25) is 29.5 Å².